The van der Waals surface area contributed by atoms with Gasteiger partial charge in [0.1, 0.15) is 11.7 Å². The molecule has 0 amide bonds. The highest BCUT2D eigenvalue weighted by Crippen LogP contribution is 2.67. The zero-order valence-corrected chi connectivity index (χ0v) is 29.6. The molecule has 3 atom stereocenters. The van der Waals surface area contributed by atoms with Crippen LogP contribution in [0.3, 0.4) is 0 Å². The van der Waals surface area contributed by atoms with Crippen molar-refractivity contribution in [3.63, 3.8) is 0 Å². The molecule has 0 bridgehead atoms. The fourth-order valence-electron chi connectivity index (χ4n) is 7.79. The Labute approximate surface area is 278 Å². The molecule has 2 aliphatic carbocycles. The first-order valence-corrected chi connectivity index (χ1v) is 17.4. The maximum absolute atomic E-state index is 10.4. The van der Waals surface area contributed by atoms with Gasteiger partial charge in [0.15, 0.2) is 0 Å². The number of benzene rings is 2. The highest BCUT2D eigenvalue weighted by molar-refractivity contribution is 6.17. The molecule has 0 spiro atoms. The van der Waals surface area contributed by atoms with Crippen LogP contribution in [0.1, 0.15) is 134 Å². The number of nitrogens with zero attached hydrogens (tertiary/aromatic N) is 4. The van der Waals surface area contributed by atoms with Crippen molar-refractivity contribution in [1.82, 2.24) is 4.90 Å². The Bertz CT molecular complexity index is 1640. The average molecular weight is 616 g/mol. The van der Waals surface area contributed by atoms with Crippen molar-refractivity contribution >= 4 is 11.7 Å². The van der Waals surface area contributed by atoms with E-state index in [1.165, 1.54) is 24.8 Å². The number of hydrogen-bond donors (Lipinski definition) is 1. The van der Waals surface area contributed by atoms with E-state index in [1.807, 2.05) is 24.3 Å². The maximum atomic E-state index is 10.4. The summed E-state index contributed by atoms with van der Waals surface area (Å²) >= 11 is 0. The van der Waals surface area contributed by atoms with Crippen molar-refractivity contribution in [3.05, 3.63) is 93.2 Å². The molecule has 5 rings (SSSR count). The Kier molecular flexibility index (Phi) is 10.8. The second-order valence-corrected chi connectivity index (χ2v) is 13.9. The minimum absolute atomic E-state index is 0.192. The normalized spacial score (nSPS) is 22.6. The molecule has 5 heteroatoms. The third-order valence-corrected chi connectivity index (χ3v) is 10.5. The molecule has 242 valence electrons. The lowest BCUT2D eigenvalue weighted by molar-refractivity contribution is 0.385. The molecule has 0 saturated heterocycles. The van der Waals surface area contributed by atoms with Crippen LogP contribution < -0.4 is 0 Å². The van der Waals surface area contributed by atoms with Gasteiger partial charge in [-0.15, -0.1) is 0 Å². The largest absolute Gasteiger partial charge is 0.284 e. The van der Waals surface area contributed by atoms with E-state index in [1.54, 1.807) is 6.07 Å². The number of hydrogen-bond acceptors (Lipinski definition) is 4. The lowest BCUT2D eigenvalue weighted by Gasteiger charge is -2.42. The fraction of sp³-hybridized carbons (Fsp3) is 0.512. The zero-order valence-electron chi connectivity index (χ0n) is 29.6. The van der Waals surface area contributed by atoms with E-state index in [9.17, 15) is 15.9 Å². The summed E-state index contributed by atoms with van der Waals surface area (Å²) in [7, 11) is 0. The summed E-state index contributed by atoms with van der Waals surface area (Å²) in [6, 6.07) is 16.5. The molecule has 5 nitrogen and oxygen atoms in total. The number of rotatable bonds is 8. The van der Waals surface area contributed by atoms with Gasteiger partial charge in [-0.05, 0) is 73.3 Å². The van der Waals surface area contributed by atoms with Gasteiger partial charge in [-0.1, -0.05) is 111 Å². The molecule has 1 N–H and O–H groups in total. The minimum Gasteiger partial charge on any atom is -0.284 e. The Hall–Kier alpha value is -3.96. The van der Waals surface area contributed by atoms with Crippen molar-refractivity contribution in [2.75, 3.05) is 0 Å². The van der Waals surface area contributed by atoms with Crippen molar-refractivity contribution in [1.29, 1.82) is 15.9 Å². The lowest BCUT2D eigenvalue weighted by Crippen LogP contribution is -2.46. The fourth-order valence-corrected chi connectivity index (χ4v) is 7.79. The molecular formula is C41H53N5. The van der Waals surface area contributed by atoms with Gasteiger partial charge >= 0.3 is 0 Å². The quantitative estimate of drug-likeness (QED) is 0.237. The first-order valence-electron chi connectivity index (χ1n) is 17.4. The van der Waals surface area contributed by atoms with Crippen molar-refractivity contribution in [3.8, 4) is 12.1 Å². The summed E-state index contributed by atoms with van der Waals surface area (Å²) in [6.45, 7) is 19.8. The van der Waals surface area contributed by atoms with Crippen LogP contribution in [0.4, 0.5) is 0 Å². The number of allylic oxidation sites excluding steroid dienone is 4. The van der Waals surface area contributed by atoms with E-state index < -0.39 is 0 Å². The third-order valence-electron chi connectivity index (χ3n) is 10.5. The summed E-state index contributed by atoms with van der Waals surface area (Å²) in [6.07, 6.45) is 12.1. The van der Waals surface area contributed by atoms with Crippen LogP contribution >= 0.6 is 0 Å². The Morgan fingerprint density at radius 2 is 1.72 bits per heavy atom. The molecule has 2 unspecified atom stereocenters. The molecule has 1 fully saturated rings. The van der Waals surface area contributed by atoms with E-state index in [-0.39, 0.29) is 22.8 Å². The maximum Gasteiger partial charge on any atom is 0.142 e. The minimum atomic E-state index is -0.329. The predicted molar refractivity (Wildman–Crippen MR) is 191 cm³/mol. The number of aryl methyl sites for hydroxylation is 1. The van der Waals surface area contributed by atoms with Crippen molar-refractivity contribution in [2.24, 2.45) is 22.7 Å². The SMILES string of the molecule is CCC12C[C@]1(CC)N=C(N(C(=N)c1ccccc1C)C1=C(C(C)C)C=CCC1C(C)C)c1cc(C#N)cc(C#N)c12.CCCCC. The lowest BCUT2D eigenvalue weighted by atomic mass is 9.77. The van der Waals surface area contributed by atoms with Crippen molar-refractivity contribution in [2.45, 2.75) is 118 Å². The second kappa shape index (κ2) is 14.2. The number of nitriles is 2. The van der Waals surface area contributed by atoms with E-state index in [2.05, 4.69) is 97.6 Å². The van der Waals surface area contributed by atoms with Gasteiger partial charge in [-0.2, -0.15) is 10.5 Å². The predicted octanol–water partition coefficient (Wildman–Crippen LogP) is 10.4. The molecule has 1 heterocycles. The number of amidine groups is 2. The van der Waals surface area contributed by atoms with Crippen LogP contribution in [0.2, 0.25) is 0 Å². The number of aliphatic imine (C=N–C) groups is 1. The Balaban J connectivity index is 0.000000892. The highest BCUT2D eigenvalue weighted by atomic mass is 15.3. The van der Waals surface area contributed by atoms with E-state index in [4.69, 9.17) is 4.99 Å². The summed E-state index contributed by atoms with van der Waals surface area (Å²) in [5.41, 5.74) is 6.51. The van der Waals surface area contributed by atoms with Crippen molar-refractivity contribution < 1.29 is 0 Å². The van der Waals surface area contributed by atoms with Crippen LogP contribution in [0.5, 0.6) is 0 Å². The third kappa shape index (κ3) is 5.98. The second-order valence-electron chi connectivity index (χ2n) is 13.9. The molecule has 2 aromatic carbocycles. The number of fused-ring (bicyclic) bond motifs is 3. The summed E-state index contributed by atoms with van der Waals surface area (Å²) in [5.74, 6) is 1.88. The molecular weight excluding hydrogens is 562 g/mol. The van der Waals surface area contributed by atoms with Gasteiger partial charge in [0.05, 0.1) is 28.8 Å². The van der Waals surface area contributed by atoms with Crippen LogP contribution in [0.15, 0.2) is 64.8 Å². The molecule has 0 radical (unpaired) electrons. The summed E-state index contributed by atoms with van der Waals surface area (Å²) in [5, 5.41) is 30.2. The van der Waals surface area contributed by atoms with Gasteiger partial charge in [-0.3, -0.25) is 15.3 Å². The standard InChI is InChI=1S/C36H41N5.C5H12/c1-8-35-21-36(35,9-2)40-34(30-18-25(19-37)17-26(20-38)31(30)35)41(33(39)29-14-11-10-13-24(29)7)32-27(22(3)4)15-12-16-28(32)23(5)6;1-3-5-4-2/h10-15,17-18,22-23,28,39H,8-9,16,21H2,1-7H3;3-5H2,1-2H3/t28?,35?,36-;/m0./s1. The Morgan fingerprint density at radius 1 is 1.02 bits per heavy atom. The Morgan fingerprint density at radius 3 is 2.24 bits per heavy atom. The van der Waals surface area contributed by atoms with E-state index in [0.29, 0.717) is 28.7 Å². The molecule has 1 aliphatic heterocycles. The first-order chi connectivity index (χ1) is 22.0. The number of nitrogens with one attached hydrogen (secondary N) is 1. The molecule has 3 aliphatic rings. The van der Waals surface area contributed by atoms with E-state index >= 15 is 0 Å². The molecule has 0 aromatic heterocycles. The van der Waals surface area contributed by atoms with Crippen LogP contribution in [-0.4, -0.2) is 22.1 Å². The highest BCUT2D eigenvalue weighted by Gasteiger charge is 2.70. The first kappa shape index (κ1) is 34.9. The van der Waals surface area contributed by atoms with E-state index in [0.717, 1.165) is 53.6 Å². The van der Waals surface area contributed by atoms with Gasteiger partial charge in [0.2, 0.25) is 0 Å². The van der Waals surface area contributed by atoms with Gasteiger partial charge in [-0.25, -0.2) is 0 Å². The average Bonchev–Trinajstić information content (AvgIpc) is 3.74. The van der Waals surface area contributed by atoms with Gasteiger partial charge in [0, 0.05) is 28.2 Å². The monoisotopic (exact) mass is 615 g/mol. The zero-order chi connectivity index (χ0) is 33.8. The topological polar surface area (TPSA) is 87.0 Å². The molecule has 46 heavy (non-hydrogen) atoms. The van der Waals surface area contributed by atoms with Gasteiger partial charge < -0.3 is 0 Å². The molecule has 1 saturated carbocycles. The summed E-state index contributed by atoms with van der Waals surface area (Å²) < 4.78 is 0. The smallest absolute Gasteiger partial charge is 0.142 e. The number of unbranched alkanes of at least 4 members (excludes halogenated alkanes) is 2. The summed E-state index contributed by atoms with van der Waals surface area (Å²) in [4.78, 5) is 7.72. The molecule has 2 aromatic rings. The van der Waals surface area contributed by atoms with Crippen LogP contribution in [-0.2, 0) is 5.41 Å². The van der Waals surface area contributed by atoms with Gasteiger partial charge in [0.25, 0.3) is 0 Å². The van der Waals surface area contributed by atoms with Crippen LogP contribution in [0, 0.1) is 52.7 Å². The van der Waals surface area contributed by atoms with Crippen LogP contribution in [0.25, 0.3) is 0 Å².